The molecule has 0 saturated carbocycles. The van der Waals surface area contributed by atoms with E-state index in [1.165, 1.54) is 6.07 Å². The molecule has 0 spiro atoms. The van der Waals surface area contributed by atoms with Crippen molar-refractivity contribution >= 4 is 17.0 Å². The van der Waals surface area contributed by atoms with Crippen LogP contribution in [0.2, 0.25) is 0 Å². The highest BCUT2D eigenvalue weighted by Crippen LogP contribution is 2.14. The Morgan fingerprint density at radius 3 is 3.00 bits per heavy atom. The molecule has 0 radical (unpaired) electrons. The summed E-state index contributed by atoms with van der Waals surface area (Å²) < 4.78 is 6.99. The van der Waals surface area contributed by atoms with Crippen LogP contribution in [0, 0.1) is 0 Å². The lowest BCUT2D eigenvalue weighted by Crippen LogP contribution is -2.03. The molecule has 0 saturated heterocycles. The van der Waals surface area contributed by atoms with Gasteiger partial charge in [0.25, 0.3) is 0 Å². The Labute approximate surface area is 108 Å². The van der Waals surface area contributed by atoms with Crippen LogP contribution in [0.15, 0.2) is 41.0 Å². The number of aromatic carboxylic acids is 1. The average Bonchev–Trinajstić information content (AvgIpc) is 3.05. The first-order valence-corrected chi connectivity index (χ1v) is 5.83. The van der Waals surface area contributed by atoms with E-state index in [1.807, 2.05) is 12.1 Å². The molecule has 3 aromatic rings. The van der Waals surface area contributed by atoms with E-state index < -0.39 is 5.97 Å². The van der Waals surface area contributed by atoms with Gasteiger partial charge in [-0.25, -0.2) is 9.48 Å². The fourth-order valence-corrected chi connectivity index (χ4v) is 1.94. The summed E-state index contributed by atoms with van der Waals surface area (Å²) in [6, 6.07) is 8.54. The molecule has 96 valence electrons. The van der Waals surface area contributed by atoms with Gasteiger partial charge < -0.3 is 9.52 Å². The van der Waals surface area contributed by atoms with Crippen LogP contribution in [0.3, 0.4) is 0 Å². The number of carboxylic acids is 1. The lowest BCUT2D eigenvalue weighted by atomic mass is 10.2. The van der Waals surface area contributed by atoms with Crippen molar-refractivity contribution < 1.29 is 14.3 Å². The number of benzene rings is 1. The number of fused-ring (bicyclic) bond motifs is 1. The van der Waals surface area contributed by atoms with E-state index in [9.17, 15) is 4.79 Å². The minimum absolute atomic E-state index is 0.214. The Hall–Kier alpha value is -2.63. The molecule has 3 rings (SSSR count). The highest BCUT2D eigenvalue weighted by molar-refractivity contribution is 5.92. The molecular formula is C13H11N3O3. The van der Waals surface area contributed by atoms with E-state index in [0.717, 1.165) is 11.3 Å². The van der Waals surface area contributed by atoms with E-state index >= 15 is 0 Å². The third kappa shape index (κ3) is 2.20. The van der Waals surface area contributed by atoms with Crippen molar-refractivity contribution in [2.24, 2.45) is 0 Å². The van der Waals surface area contributed by atoms with Crippen molar-refractivity contribution in [3.63, 3.8) is 0 Å². The molecule has 1 N–H and O–H groups in total. The maximum Gasteiger partial charge on any atom is 0.335 e. The van der Waals surface area contributed by atoms with Crippen molar-refractivity contribution in [2.45, 2.75) is 13.0 Å². The number of hydrogen-bond donors (Lipinski definition) is 1. The van der Waals surface area contributed by atoms with Gasteiger partial charge in [-0.05, 0) is 30.3 Å². The van der Waals surface area contributed by atoms with Crippen LogP contribution in [0.5, 0.6) is 0 Å². The number of rotatable bonds is 4. The van der Waals surface area contributed by atoms with Gasteiger partial charge in [0.2, 0.25) is 0 Å². The second-order valence-corrected chi connectivity index (χ2v) is 4.15. The van der Waals surface area contributed by atoms with Crippen LogP contribution in [0.25, 0.3) is 11.0 Å². The maximum atomic E-state index is 10.9. The third-order valence-corrected chi connectivity index (χ3v) is 2.91. The van der Waals surface area contributed by atoms with Crippen molar-refractivity contribution in [3.8, 4) is 0 Å². The molecule has 6 heteroatoms. The summed E-state index contributed by atoms with van der Waals surface area (Å²) in [6.45, 7) is 0.635. The van der Waals surface area contributed by atoms with Crippen LogP contribution in [0.4, 0.5) is 0 Å². The monoisotopic (exact) mass is 257 g/mol. The quantitative estimate of drug-likeness (QED) is 0.772. The third-order valence-electron chi connectivity index (χ3n) is 2.91. The highest BCUT2D eigenvalue weighted by Gasteiger charge is 2.09. The molecule has 0 atom stereocenters. The maximum absolute atomic E-state index is 10.9. The Morgan fingerprint density at radius 2 is 2.26 bits per heavy atom. The molecule has 0 aliphatic carbocycles. The van der Waals surface area contributed by atoms with Gasteiger partial charge in [-0.1, -0.05) is 5.21 Å². The fraction of sp³-hybridized carbons (Fsp3) is 0.154. The summed E-state index contributed by atoms with van der Waals surface area (Å²) >= 11 is 0. The van der Waals surface area contributed by atoms with Crippen LogP contribution in [-0.2, 0) is 13.0 Å². The fourth-order valence-electron chi connectivity index (χ4n) is 1.94. The van der Waals surface area contributed by atoms with E-state index in [2.05, 4.69) is 10.3 Å². The zero-order chi connectivity index (χ0) is 13.2. The van der Waals surface area contributed by atoms with Crippen molar-refractivity contribution in [3.05, 3.63) is 47.9 Å². The minimum atomic E-state index is -0.966. The van der Waals surface area contributed by atoms with E-state index in [-0.39, 0.29) is 5.56 Å². The zero-order valence-corrected chi connectivity index (χ0v) is 9.98. The van der Waals surface area contributed by atoms with Crippen molar-refractivity contribution in [1.29, 1.82) is 0 Å². The summed E-state index contributed by atoms with van der Waals surface area (Å²) in [4.78, 5) is 10.9. The first-order valence-electron chi connectivity index (χ1n) is 5.83. The summed E-state index contributed by atoms with van der Waals surface area (Å²) in [5, 5.41) is 16.9. The number of carbonyl (C=O) groups is 1. The van der Waals surface area contributed by atoms with Gasteiger partial charge in [0.1, 0.15) is 11.3 Å². The topological polar surface area (TPSA) is 81.1 Å². The molecule has 2 aromatic heterocycles. The number of nitrogens with zero attached hydrogens (tertiary/aromatic N) is 3. The number of aryl methyl sites for hydroxylation is 2. The molecule has 1 aromatic carbocycles. The molecular weight excluding hydrogens is 246 g/mol. The molecule has 0 unspecified atom stereocenters. The minimum Gasteiger partial charge on any atom is -0.478 e. The SMILES string of the molecule is O=C(O)c1ccc2c(c1)nnn2CCc1ccco1. The Bertz CT molecular complexity index is 716. The van der Waals surface area contributed by atoms with E-state index in [4.69, 9.17) is 9.52 Å². The molecule has 2 heterocycles. The molecule has 0 bridgehead atoms. The summed E-state index contributed by atoms with van der Waals surface area (Å²) in [5.74, 6) is -0.0853. The van der Waals surface area contributed by atoms with Crippen LogP contribution < -0.4 is 0 Å². The molecule has 0 fully saturated rings. The largest absolute Gasteiger partial charge is 0.478 e. The summed E-state index contributed by atoms with van der Waals surface area (Å²) in [5.41, 5.74) is 1.61. The first-order chi connectivity index (χ1) is 9.24. The van der Waals surface area contributed by atoms with Gasteiger partial charge in [0, 0.05) is 6.42 Å². The molecule has 0 aliphatic rings. The average molecular weight is 257 g/mol. The number of carboxylic acid groups (broad SMARTS) is 1. The molecule has 0 aliphatic heterocycles. The molecule has 0 amide bonds. The van der Waals surface area contributed by atoms with Crippen molar-refractivity contribution in [1.82, 2.24) is 15.0 Å². The smallest absolute Gasteiger partial charge is 0.335 e. The van der Waals surface area contributed by atoms with Crippen LogP contribution in [-0.4, -0.2) is 26.1 Å². The number of hydrogen-bond acceptors (Lipinski definition) is 4. The van der Waals surface area contributed by atoms with Gasteiger partial charge >= 0.3 is 5.97 Å². The molecule has 19 heavy (non-hydrogen) atoms. The van der Waals surface area contributed by atoms with Gasteiger partial charge in [0.15, 0.2) is 0 Å². The number of aromatic nitrogens is 3. The van der Waals surface area contributed by atoms with Crippen LogP contribution in [0.1, 0.15) is 16.1 Å². The summed E-state index contributed by atoms with van der Waals surface area (Å²) in [7, 11) is 0. The number of furan rings is 1. The van der Waals surface area contributed by atoms with Gasteiger partial charge in [0.05, 0.1) is 23.9 Å². The Balaban J connectivity index is 1.86. The second kappa shape index (κ2) is 4.56. The zero-order valence-electron chi connectivity index (χ0n) is 9.98. The van der Waals surface area contributed by atoms with Gasteiger partial charge in [-0.15, -0.1) is 5.10 Å². The van der Waals surface area contributed by atoms with Gasteiger partial charge in [-0.3, -0.25) is 0 Å². The van der Waals surface area contributed by atoms with Crippen LogP contribution >= 0.6 is 0 Å². The van der Waals surface area contributed by atoms with Gasteiger partial charge in [-0.2, -0.15) is 0 Å². The van der Waals surface area contributed by atoms with E-state index in [1.54, 1.807) is 23.1 Å². The lowest BCUT2D eigenvalue weighted by molar-refractivity contribution is 0.0697. The highest BCUT2D eigenvalue weighted by atomic mass is 16.4. The lowest BCUT2D eigenvalue weighted by Gasteiger charge is -2.00. The predicted molar refractivity (Wildman–Crippen MR) is 66.9 cm³/mol. The van der Waals surface area contributed by atoms with Crippen molar-refractivity contribution in [2.75, 3.05) is 0 Å². The Morgan fingerprint density at radius 1 is 1.37 bits per heavy atom. The molecule has 6 nitrogen and oxygen atoms in total. The standard InChI is InChI=1S/C13H11N3O3/c17-13(18)9-3-4-12-11(8-9)14-15-16(12)6-5-10-2-1-7-19-10/h1-4,7-8H,5-6H2,(H,17,18). The Kier molecular flexibility index (Phi) is 2.75. The van der Waals surface area contributed by atoms with E-state index in [0.29, 0.717) is 18.5 Å². The normalized spacial score (nSPS) is 10.9. The predicted octanol–water partition coefficient (Wildman–Crippen LogP) is 1.97. The first kappa shape index (κ1) is 11.5. The summed E-state index contributed by atoms with van der Waals surface area (Å²) in [6.07, 6.45) is 2.35. The second-order valence-electron chi connectivity index (χ2n) is 4.15.